The molecule has 1 atom stereocenters. The monoisotopic (exact) mass is 294 g/mol. The molecule has 0 aliphatic rings. The van der Waals surface area contributed by atoms with E-state index in [2.05, 4.69) is 6.92 Å². The van der Waals surface area contributed by atoms with Gasteiger partial charge in [0.05, 0.1) is 5.92 Å². The van der Waals surface area contributed by atoms with Crippen molar-refractivity contribution in [1.29, 1.82) is 0 Å². The summed E-state index contributed by atoms with van der Waals surface area (Å²) in [6, 6.07) is 0. The zero-order chi connectivity index (χ0) is 14.3. The Balaban J connectivity index is -0.00000162. The van der Waals surface area contributed by atoms with Crippen LogP contribution >= 0.6 is 0 Å². The van der Waals surface area contributed by atoms with Crippen molar-refractivity contribution < 1.29 is 40.9 Å². The molecule has 0 saturated carbocycles. The maximum atomic E-state index is 10.6. The van der Waals surface area contributed by atoms with E-state index in [-0.39, 0.29) is 36.9 Å². The van der Waals surface area contributed by atoms with Crippen molar-refractivity contribution in [1.82, 2.24) is 0 Å². The number of aliphatic carboxylic acids is 1. The van der Waals surface area contributed by atoms with Gasteiger partial charge in [-0.05, 0) is 6.42 Å². The molecule has 1 N–H and O–H groups in total. The van der Waals surface area contributed by atoms with Gasteiger partial charge in [0.15, 0.2) is 0 Å². The van der Waals surface area contributed by atoms with Gasteiger partial charge in [-0.3, -0.25) is 4.79 Å². The molecule has 0 fully saturated rings. The van der Waals surface area contributed by atoms with Gasteiger partial charge in [0, 0.05) is 0 Å². The molecular weight excluding hydrogens is 259 g/mol. The second kappa shape index (κ2) is 17.5. The summed E-state index contributed by atoms with van der Waals surface area (Å²) >= 11 is 0. The minimum absolute atomic E-state index is 0. The van der Waals surface area contributed by atoms with Gasteiger partial charge in [0.25, 0.3) is 0 Å². The van der Waals surface area contributed by atoms with Crippen molar-refractivity contribution in [3.63, 3.8) is 0 Å². The first-order chi connectivity index (χ1) is 9.18. The Hall–Kier alpha value is 0.470. The van der Waals surface area contributed by atoms with Gasteiger partial charge >= 0.3 is 35.5 Å². The summed E-state index contributed by atoms with van der Waals surface area (Å²) < 4.78 is 0. The molecule has 0 rings (SSSR count). The van der Waals surface area contributed by atoms with Gasteiger partial charge in [-0.1, -0.05) is 90.9 Å². The minimum atomic E-state index is -0.650. The molecule has 116 valence electrons. The first kappa shape index (κ1) is 22.7. The third-order valence-corrected chi connectivity index (χ3v) is 3.91. The largest absolute Gasteiger partial charge is 1.00 e. The molecule has 20 heavy (non-hydrogen) atoms. The van der Waals surface area contributed by atoms with Crippen molar-refractivity contribution in [2.75, 3.05) is 0 Å². The van der Waals surface area contributed by atoms with Crippen molar-refractivity contribution in [2.24, 2.45) is 5.92 Å². The van der Waals surface area contributed by atoms with Crippen LogP contribution in [0.4, 0.5) is 0 Å². The van der Waals surface area contributed by atoms with Crippen molar-refractivity contribution in [2.45, 2.75) is 97.3 Å². The van der Waals surface area contributed by atoms with Gasteiger partial charge in [-0.25, -0.2) is 0 Å². The number of carboxylic acids is 1. The molecule has 2 nitrogen and oxygen atoms in total. The Bertz CT molecular complexity index is 213. The van der Waals surface area contributed by atoms with E-state index in [9.17, 15) is 4.79 Å². The summed E-state index contributed by atoms with van der Waals surface area (Å²) in [6.45, 7) is 4.07. The summed E-state index contributed by atoms with van der Waals surface area (Å²) in [5.74, 6) is -0.814. The summed E-state index contributed by atoms with van der Waals surface area (Å²) in [4.78, 5) is 10.6. The number of hydrogen-bond donors (Lipinski definition) is 1. The third-order valence-electron chi connectivity index (χ3n) is 3.91. The molecule has 0 aromatic carbocycles. The fraction of sp³-hybridized carbons (Fsp3) is 0.941. The molecule has 0 bridgehead atoms. The molecule has 0 amide bonds. The Morgan fingerprint density at radius 2 is 1.20 bits per heavy atom. The number of carboxylic acid groups (broad SMARTS) is 1. The molecule has 0 aliphatic carbocycles. The first-order valence-electron chi connectivity index (χ1n) is 8.41. The van der Waals surface area contributed by atoms with Crippen LogP contribution in [0.5, 0.6) is 0 Å². The topological polar surface area (TPSA) is 37.3 Å². The van der Waals surface area contributed by atoms with E-state index in [0.717, 1.165) is 12.8 Å². The standard InChI is InChI=1S/C17H34O2.Na.H/c1-3-4-5-6-7-8-9-10-11-12-13-14-15-16(2)17(18)19;;/h16H,3-15H2,1-2H3,(H,18,19);;/q;+1;-1. The molecule has 0 aliphatic heterocycles. The van der Waals surface area contributed by atoms with Gasteiger partial charge in [0.2, 0.25) is 0 Å². The minimum Gasteiger partial charge on any atom is -1.00 e. The van der Waals surface area contributed by atoms with E-state index < -0.39 is 5.97 Å². The SMILES string of the molecule is CCCCCCCCCCCCCCC(C)C(=O)O.[H-].[Na+]. The molecule has 0 spiro atoms. The van der Waals surface area contributed by atoms with Crippen LogP contribution in [0.3, 0.4) is 0 Å². The van der Waals surface area contributed by atoms with Gasteiger partial charge in [-0.15, -0.1) is 0 Å². The van der Waals surface area contributed by atoms with Crippen LogP contribution in [-0.4, -0.2) is 11.1 Å². The molecule has 0 aromatic heterocycles. The number of carbonyl (C=O) groups is 1. The Kier molecular flexibility index (Phi) is 19.9. The number of unbranched alkanes of at least 4 members (excludes halogenated alkanes) is 11. The van der Waals surface area contributed by atoms with Crippen molar-refractivity contribution in [3.05, 3.63) is 0 Å². The third kappa shape index (κ3) is 16.5. The fourth-order valence-corrected chi connectivity index (χ4v) is 2.41. The second-order valence-electron chi connectivity index (χ2n) is 5.92. The number of rotatable bonds is 14. The quantitative estimate of drug-likeness (QED) is 0.395. The van der Waals surface area contributed by atoms with Gasteiger partial charge in [-0.2, -0.15) is 0 Å². The zero-order valence-electron chi connectivity index (χ0n) is 15.1. The van der Waals surface area contributed by atoms with Crippen LogP contribution in [0.15, 0.2) is 0 Å². The Labute approximate surface area is 149 Å². The smallest absolute Gasteiger partial charge is 1.00 e. The zero-order valence-corrected chi connectivity index (χ0v) is 16.1. The van der Waals surface area contributed by atoms with Crippen molar-refractivity contribution >= 4 is 5.97 Å². The van der Waals surface area contributed by atoms with Gasteiger partial charge in [0.1, 0.15) is 0 Å². The average molecular weight is 294 g/mol. The van der Waals surface area contributed by atoms with E-state index in [1.54, 1.807) is 6.92 Å². The summed E-state index contributed by atoms with van der Waals surface area (Å²) in [7, 11) is 0. The molecule has 0 radical (unpaired) electrons. The van der Waals surface area contributed by atoms with Crippen LogP contribution in [0, 0.1) is 5.92 Å². The first-order valence-corrected chi connectivity index (χ1v) is 8.41. The summed E-state index contributed by atoms with van der Waals surface area (Å²) in [6.07, 6.45) is 16.9. The van der Waals surface area contributed by atoms with E-state index >= 15 is 0 Å². The second-order valence-corrected chi connectivity index (χ2v) is 5.92. The van der Waals surface area contributed by atoms with E-state index in [4.69, 9.17) is 5.11 Å². The average Bonchev–Trinajstić information content (AvgIpc) is 2.39. The van der Waals surface area contributed by atoms with Crippen LogP contribution in [0.2, 0.25) is 0 Å². The van der Waals surface area contributed by atoms with Crippen molar-refractivity contribution in [3.8, 4) is 0 Å². The van der Waals surface area contributed by atoms with Crippen LogP contribution < -0.4 is 29.6 Å². The molecule has 0 saturated heterocycles. The maximum absolute atomic E-state index is 10.6. The molecule has 0 aromatic rings. The normalized spacial score (nSPS) is 11.9. The Morgan fingerprint density at radius 3 is 1.55 bits per heavy atom. The fourth-order valence-electron chi connectivity index (χ4n) is 2.41. The van der Waals surface area contributed by atoms with Crippen LogP contribution in [0.25, 0.3) is 0 Å². The number of hydrogen-bond acceptors (Lipinski definition) is 1. The van der Waals surface area contributed by atoms with Crippen LogP contribution in [-0.2, 0) is 4.79 Å². The predicted octanol–water partition coefficient (Wildman–Crippen LogP) is 2.91. The molecule has 3 heteroatoms. The van der Waals surface area contributed by atoms with E-state index in [1.165, 1.54) is 70.6 Å². The van der Waals surface area contributed by atoms with Crippen LogP contribution in [0.1, 0.15) is 98.7 Å². The summed E-state index contributed by atoms with van der Waals surface area (Å²) in [5.41, 5.74) is 0. The van der Waals surface area contributed by atoms with E-state index in [1.807, 2.05) is 0 Å². The predicted molar refractivity (Wildman–Crippen MR) is 83.6 cm³/mol. The molecular formula is C17H35NaO2. The summed E-state index contributed by atoms with van der Waals surface area (Å²) in [5, 5.41) is 8.76. The molecule has 0 heterocycles. The molecule has 1 unspecified atom stereocenters. The van der Waals surface area contributed by atoms with Gasteiger partial charge < -0.3 is 6.53 Å². The maximum Gasteiger partial charge on any atom is 1.00 e. The van der Waals surface area contributed by atoms with E-state index in [0.29, 0.717) is 0 Å². The Morgan fingerprint density at radius 1 is 0.850 bits per heavy atom.